The van der Waals surface area contributed by atoms with Crippen molar-refractivity contribution in [1.82, 2.24) is 14.5 Å². The maximum atomic E-state index is 11.7. The summed E-state index contributed by atoms with van der Waals surface area (Å²) in [4.78, 5) is 2.43. The Hall–Kier alpha value is -0.530. The van der Waals surface area contributed by atoms with Crippen LogP contribution in [0.5, 0.6) is 0 Å². The highest BCUT2D eigenvalue weighted by Gasteiger charge is 2.24. The van der Waals surface area contributed by atoms with Gasteiger partial charge in [-0.25, -0.2) is 9.59 Å². The maximum Gasteiger partial charge on any atom is 0.254 e. The van der Waals surface area contributed by atoms with Crippen LogP contribution in [0.1, 0.15) is 42.9 Å². The lowest BCUT2D eigenvalue weighted by Crippen LogP contribution is -2.21. The third-order valence-corrected chi connectivity index (χ3v) is 5.02. The predicted molar refractivity (Wildman–Crippen MR) is 66.9 cm³/mol. The zero-order valence-electron chi connectivity index (χ0n) is 9.36. The van der Waals surface area contributed by atoms with Gasteiger partial charge in [-0.05, 0) is 24.4 Å². The minimum Gasteiger partial charge on any atom is -0.610 e. The number of nitrogen functional groups attached to an aromatic ring is 1. The normalized spacial score (nSPS) is 19.6. The van der Waals surface area contributed by atoms with E-state index in [9.17, 15) is 4.55 Å². The van der Waals surface area contributed by atoms with Gasteiger partial charge in [-0.3, -0.25) is 0 Å². The highest BCUT2D eigenvalue weighted by molar-refractivity contribution is 7.90. The Morgan fingerprint density at radius 2 is 2.12 bits per heavy atom. The number of nitrogens with zero attached hydrogens (tertiary/aromatic N) is 1. The molecule has 1 unspecified atom stereocenters. The van der Waals surface area contributed by atoms with Crippen LogP contribution in [0.15, 0.2) is 5.03 Å². The van der Waals surface area contributed by atoms with Crippen LogP contribution in [0, 0.1) is 0 Å². The number of hydrogen-bond acceptors (Lipinski definition) is 3. The summed E-state index contributed by atoms with van der Waals surface area (Å²) in [5.41, 5.74) is 0. The van der Waals surface area contributed by atoms with E-state index in [1.165, 1.54) is 53.4 Å². The standard InChI is InChI=1S/C9H18N4OS2/c1-16(14)9-8(15-12-13(10)11-9)7-5-3-2-4-6-7/h7,11-12H,2-6,10H2,1H3. The van der Waals surface area contributed by atoms with E-state index < -0.39 is 11.2 Å². The van der Waals surface area contributed by atoms with Crippen molar-refractivity contribution < 1.29 is 4.55 Å². The molecule has 0 radical (unpaired) electrons. The topological polar surface area (TPSA) is 85.6 Å². The molecule has 1 aliphatic carbocycles. The largest absolute Gasteiger partial charge is 0.610 e. The number of hydrogen-bond donors (Lipinski definition) is 3. The molecule has 1 aliphatic rings. The Bertz CT molecular complexity index is 369. The van der Waals surface area contributed by atoms with E-state index in [0.717, 1.165) is 5.03 Å². The Morgan fingerprint density at radius 1 is 1.44 bits per heavy atom. The average molecular weight is 262 g/mol. The quantitative estimate of drug-likeness (QED) is 0.561. The molecule has 0 spiro atoms. The van der Waals surface area contributed by atoms with E-state index in [-0.39, 0.29) is 0 Å². The van der Waals surface area contributed by atoms with E-state index in [1.54, 1.807) is 6.26 Å². The summed E-state index contributed by atoms with van der Waals surface area (Å²) >= 11 is 0.471. The maximum absolute atomic E-state index is 11.7. The Labute approximate surface area is 102 Å². The second kappa shape index (κ2) is 5.20. The van der Waals surface area contributed by atoms with Crippen LogP contribution in [0.2, 0.25) is 0 Å². The zero-order valence-corrected chi connectivity index (χ0v) is 11.0. The smallest absolute Gasteiger partial charge is 0.254 e. The lowest BCUT2D eigenvalue weighted by Gasteiger charge is -2.22. The molecule has 1 heterocycles. The lowest BCUT2D eigenvalue weighted by molar-refractivity contribution is 0.438. The summed E-state index contributed by atoms with van der Waals surface area (Å²) in [7, 11) is 0. The molecule has 1 atom stereocenters. The highest BCUT2D eigenvalue weighted by atomic mass is 32.2. The van der Waals surface area contributed by atoms with Gasteiger partial charge < -0.3 is 10.4 Å². The first-order chi connectivity index (χ1) is 7.68. The van der Waals surface area contributed by atoms with Crippen molar-refractivity contribution >= 4 is 22.7 Å². The molecule has 2 rings (SSSR count). The third-order valence-electron chi connectivity index (χ3n) is 2.96. The summed E-state index contributed by atoms with van der Waals surface area (Å²) in [5, 5.41) is 3.68. The van der Waals surface area contributed by atoms with Crippen molar-refractivity contribution in [2.24, 2.45) is 0 Å². The Balaban J connectivity index is 2.31. The fourth-order valence-corrected chi connectivity index (χ4v) is 4.11. The molecule has 0 bridgehead atoms. The molecule has 0 saturated heterocycles. The fourth-order valence-electron chi connectivity index (χ4n) is 2.17. The molecule has 16 heavy (non-hydrogen) atoms. The van der Waals surface area contributed by atoms with Crippen LogP contribution in [-0.2, 0) is 11.2 Å². The van der Waals surface area contributed by atoms with Crippen molar-refractivity contribution in [2.75, 3.05) is 12.1 Å². The molecule has 4 N–H and O–H groups in total. The molecule has 0 amide bonds. The third kappa shape index (κ3) is 2.58. The summed E-state index contributed by atoms with van der Waals surface area (Å²) in [6, 6.07) is 0. The van der Waals surface area contributed by atoms with Crippen molar-refractivity contribution in [2.45, 2.75) is 43.0 Å². The molecule has 5 nitrogen and oxygen atoms in total. The summed E-state index contributed by atoms with van der Waals surface area (Å²) in [6.45, 7) is 0. The molecule has 92 valence electrons. The van der Waals surface area contributed by atoms with Crippen LogP contribution in [0.3, 0.4) is 0 Å². The summed E-state index contributed by atoms with van der Waals surface area (Å²) < 4.78 is 14.6. The van der Waals surface area contributed by atoms with Crippen molar-refractivity contribution in [1.29, 1.82) is 0 Å². The van der Waals surface area contributed by atoms with Gasteiger partial charge in [0.25, 0.3) is 5.03 Å². The number of nitrogens with two attached hydrogens (primary N) is 1. The van der Waals surface area contributed by atoms with Gasteiger partial charge in [0.05, 0.1) is 0 Å². The second-order valence-electron chi connectivity index (χ2n) is 4.16. The Morgan fingerprint density at radius 3 is 2.75 bits per heavy atom. The first kappa shape index (κ1) is 11.9. The highest BCUT2D eigenvalue weighted by Crippen LogP contribution is 2.36. The van der Waals surface area contributed by atoms with E-state index >= 15 is 0 Å². The molecule has 0 aromatic carbocycles. The van der Waals surface area contributed by atoms with E-state index in [0.29, 0.717) is 5.92 Å². The second-order valence-corrected chi connectivity index (χ2v) is 6.30. The van der Waals surface area contributed by atoms with Crippen LogP contribution in [0.25, 0.3) is 0 Å². The van der Waals surface area contributed by atoms with Gasteiger partial charge >= 0.3 is 0 Å². The minimum atomic E-state index is -1.02. The van der Waals surface area contributed by atoms with Crippen LogP contribution in [-0.4, -0.2) is 25.3 Å². The lowest BCUT2D eigenvalue weighted by atomic mass is 9.88. The molecular weight excluding hydrogens is 244 g/mol. The monoisotopic (exact) mass is 262 g/mol. The number of H-pyrrole nitrogens is 2. The summed E-state index contributed by atoms with van der Waals surface area (Å²) in [6.07, 6.45) is 7.93. The zero-order chi connectivity index (χ0) is 11.5. The molecule has 1 aromatic heterocycles. The van der Waals surface area contributed by atoms with Crippen molar-refractivity contribution in [3.63, 3.8) is 0 Å². The summed E-state index contributed by atoms with van der Waals surface area (Å²) in [5.74, 6) is 6.11. The van der Waals surface area contributed by atoms with Gasteiger partial charge in [0.1, 0.15) is 11.1 Å². The Kier molecular flexibility index (Phi) is 3.88. The van der Waals surface area contributed by atoms with Gasteiger partial charge in [0.2, 0.25) is 0 Å². The minimum absolute atomic E-state index is 0.534. The van der Waals surface area contributed by atoms with Crippen molar-refractivity contribution in [3.8, 4) is 0 Å². The van der Waals surface area contributed by atoms with Gasteiger partial charge in [-0.2, -0.15) is 0 Å². The van der Waals surface area contributed by atoms with Gasteiger partial charge in [-0.15, -0.1) is 4.91 Å². The molecule has 0 aliphatic heterocycles. The van der Waals surface area contributed by atoms with E-state index in [4.69, 9.17) is 5.84 Å². The van der Waals surface area contributed by atoms with E-state index in [2.05, 4.69) is 9.59 Å². The molecule has 1 aromatic rings. The van der Waals surface area contributed by atoms with Crippen LogP contribution >= 0.6 is 11.5 Å². The van der Waals surface area contributed by atoms with Gasteiger partial charge in [0.15, 0.2) is 0 Å². The van der Waals surface area contributed by atoms with E-state index in [1.807, 2.05) is 0 Å². The predicted octanol–water partition coefficient (Wildman–Crippen LogP) is 1.83. The van der Waals surface area contributed by atoms with Gasteiger partial charge in [-0.1, -0.05) is 19.3 Å². The number of nitrogens with one attached hydrogen (secondary N) is 2. The average Bonchev–Trinajstić information content (AvgIpc) is 2.30. The van der Waals surface area contributed by atoms with Crippen LogP contribution in [0.4, 0.5) is 0 Å². The van der Waals surface area contributed by atoms with Gasteiger partial charge in [0, 0.05) is 17.1 Å². The fraction of sp³-hybridized carbons (Fsp3) is 0.778. The first-order valence-corrected chi connectivity index (χ1v) is 7.87. The first-order valence-electron chi connectivity index (χ1n) is 5.50. The number of aromatic amines is 2. The molecule has 1 saturated carbocycles. The molecular formula is C9H18N4OS2. The SMILES string of the molecule is C[S+]([O-])c1[nH]n(N)[nH]sc1C1CCCCC1. The molecule has 1 fully saturated rings. The number of aromatic nitrogens is 3. The number of rotatable bonds is 2. The molecule has 7 heteroatoms. The van der Waals surface area contributed by atoms with Crippen molar-refractivity contribution in [3.05, 3.63) is 4.88 Å². The van der Waals surface area contributed by atoms with Crippen LogP contribution < -0.4 is 5.84 Å².